The van der Waals surface area contributed by atoms with E-state index < -0.39 is 0 Å². The van der Waals surface area contributed by atoms with Crippen LogP contribution in [0.2, 0.25) is 10.0 Å². The Morgan fingerprint density at radius 2 is 2.00 bits per heavy atom. The maximum Gasteiger partial charge on any atom is 0.181 e. The maximum atomic E-state index is 12.6. The van der Waals surface area contributed by atoms with Gasteiger partial charge < -0.3 is 5.11 Å². The first-order valence-corrected chi connectivity index (χ1v) is 8.06. The predicted molar refractivity (Wildman–Crippen MR) is 86.3 cm³/mol. The van der Waals surface area contributed by atoms with E-state index in [1.807, 2.05) is 18.9 Å². The van der Waals surface area contributed by atoms with Crippen LogP contribution in [0.3, 0.4) is 0 Å². The predicted octanol–water partition coefficient (Wildman–Crippen LogP) is 3.80. The quantitative estimate of drug-likeness (QED) is 0.854. The first kappa shape index (κ1) is 16.8. The molecular formula is C16H21Cl2NO2. The van der Waals surface area contributed by atoms with Crippen molar-refractivity contribution in [2.24, 2.45) is 0 Å². The van der Waals surface area contributed by atoms with E-state index in [0.29, 0.717) is 15.6 Å². The summed E-state index contributed by atoms with van der Waals surface area (Å²) in [7, 11) is 1.89. The number of hydrogen-bond donors (Lipinski definition) is 1. The molecule has 1 fully saturated rings. The van der Waals surface area contributed by atoms with Gasteiger partial charge in [0.05, 0.1) is 17.2 Å². The molecule has 0 amide bonds. The van der Waals surface area contributed by atoms with E-state index >= 15 is 0 Å². The highest BCUT2D eigenvalue weighted by atomic mass is 35.5. The molecule has 3 nitrogen and oxygen atoms in total. The van der Waals surface area contributed by atoms with Crippen LogP contribution in [0.15, 0.2) is 18.2 Å². The Balaban J connectivity index is 2.14. The summed E-state index contributed by atoms with van der Waals surface area (Å²) in [4.78, 5) is 14.6. The van der Waals surface area contributed by atoms with Crippen LogP contribution in [0, 0.1) is 0 Å². The average Bonchev–Trinajstić information content (AvgIpc) is 2.45. The largest absolute Gasteiger partial charge is 0.391 e. The third-order valence-corrected chi connectivity index (χ3v) is 4.95. The summed E-state index contributed by atoms with van der Waals surface area (Å²) in [5.74, 6) is -0.0445. The number of carbonyl (C=O) groups excluding carboxylic acids is 1. The molecule has 1 saturated carbocycles. The van der Waals surface area contributed by atoms with Crippen molar-refractivity contribution < 1.29 is 9.90 Å². The third kappa shape index (κ3) is 3.78. The summed E-state index contributed by atoms with van der Waals surface area (Å²) in [6.07, 6.45) is 3.51. The SMILES string of the molecule is CC(C(=O)c1ccc(Cl)cc1Cl)N(C)C1CCCCC1O. The van der Waals surface area contributed by atoms with E-state index in [2.05, 4.69) is 0 Å². The zero-order valence-corrected chi connectivity index (χ0v) is 13.9. The number of aliphatic hydroxyl groups excluding tert-OH is 1. The van der Waals surface area contributed by atoms with Crippen LogP contribution < -0.4 is 0 Å². The molecule has 1 aliphatic carbocycles. The van der Waals surface area contributed by atoms with Gasteiger partial charge in [0.1, 0.15) is 0 Å². The molecule has 3 unspecified atom stereocenters. The molecule has 0 radical (unpaired) electrons. The normalized spacial score (nSPS) is 24.1. The minimum Gasteiger partial charge on any atom is -0.391 e. The van der Waals surface area contributed by atoms with Gasteiger partial charge >= 0.3 is 0 Å². The lowest BCUT2D eigenvalue weighted by Gasteiger charge is -2.38. The Labute approximate surface area is 135 Å². The maximum absolute atomic E-state index is 12.6. The van der Waals surface area contributed by atoms with Crippen LogP contribution in [0.4, 0.5) is 0 Å². The molecule has 1 aromatic rings. The second-order valence-electron chi connectivity index (χ2n) is 5.75. The minimum absolute atomic E-state index is 0.0313. The van der Waals surface area contributed by atoms with Gasteiger partial charge in [-0.15, -0.1) is 0 Å². The molecule has 0 bridgehead atoms. The van der Waals surface area contributed by atoms with E-state index in [9.17, 15) is 9.90 Å². The van der Waals surface area contributed by atoms with Crippen molar-refractivity contribution in [3.8, 4) is 0 Å². The summed E-state index contributed by atoms with van der Waals surface area (Å²) < 4.78 is 0. The highest BCUT2D eigenvalue weighted by Gasteiger charge is 2.32. The van der Waals surface area contributed by atoms with Gasteiger partial charge in [0.2, 0.25) is 0 Å². The number of nitrogens with zero attached hydrogens (tertiary/aromatic N) is 1. The lowest BCUT2D eigenvalue weighted by atomic mass is 9.90. The molecule has 0 heterocycles. The van der Waals surface area contributed by atoms with Gasteiger partial charge in [-0.2, -0.15) is 0 Å². The van der Waals surface area contributed by atoms with Gasteiger partial charge in [0.25, 0.3) is 0 Å². The molecule has 21 heavy (non-hydrogen) atoms. The number of benzene rings is 1. The van der Waals surface area contributed by atoms with Crippen LogP contribution >= 0.6 is 23.2 Å². The average molecular weight is 330 g/mol. The molecule has 2 rings (SSSR count). The van der Waals surface area contributed by atoms with Crippen LogP contribution in [-0.4, -0.2) is 41.0 Å². The molecule has 0 aromatic heterocycles. The fourth-order valence-corrected chi connectivity index (χ4v) is 3.45. The van der Waals surface area contributed by atoms with E-state index in [1.54, 1.807) is 18.2 Å². The number of halogens is 2. The van der Waals surface area contributed by atoms with Gasteiger partial charge in [-0.05, 0) is 45.0 Å². The van der Waals surface area contributed by atoms with E-state index in [0.717, 1.165) is 25.7 Å². The highest BCUT2D eigenvalue weighted by molar-refractivity contribution is 6.37. The number of hydrogen-bond acceptors (Lipinski definition) is 3. The van der Waals surface area contributed by atoms with Crippen molar-refractivity contribution >= 4 is 29.0 Å². The molecule has 1 N–H and O–H groups in total. The van der Waals surface area contributed by atoms with Crippen molar-refractivity contribution in [2.75, 3.05) is 7.05 Å². The Kier molecular flexibility index (Phi) is 5.67. The van der Waals surface area contributed by atoms with E-state index in [1.165, 1.54) is 0 Å². The summed E-state index contributed by atoms with van der Waals surface area (Å²) in [6.45, 7) is 1.86. The van der Waals surface area contributed by atoms with Crippen molar-refractivity contribution in [3.05, 3.63) is 33.8 Å². The lowest BCUT2D eigenvalue weighted by Crippen LogP contribution is -2.49. The second kappa shape index (κ2) is 7.10. The Morgan fingerprint density at radius 3 is 2.62 bits per heavy atom. The lowest BCUT2D eigenvalue weighted by molar-refractivity contribution is 0.0171. The van der Waals surface area contributed by atoms with Crippen molar-refractivity contribution in [1.29, 1.82) is 0 Å². The fourth-order valence-electron chi connectivity index (χ4n) is 2.95. The molecule has 3 atom stereocenters. The van der Waals surface area contributed by atoms with Gasteiger partial charge in [-0.25, -0.2) is 0 Å². The van der Waals surface area contributed by atoms with Crippen molar-refractivity contribution in [3.63, 3.8) is 0 Å². The van der Waals surface area contributed by atoms with Gasteiger partial charge in [0, 0.05) is 16.6 Å². The standard InChI is InChI=1S/C16H21Cl2NO2/c1-10(19(2)14-5-3-4-6-15(14)20)16(21)12-8-7-11(17)9-13(12)18/h7-10,14-15,20H,3-6H2,1-2H3. The monoisotopic (exact) mass is 329 g/mol. The summed E-state index contributed by atoms with van der Waals surface area (Å²) >= 11 is 12.0. The molecule has 0 spiro atoms. The topological polar surface area (TPSA) is 40.5 Å². The number of likely N-dealkylation sites (N-methyl/N-ethyl adjacent to an activating group) is 1. The summed E-state index contributed by atoms with van der Waals surface area (Å²) in [5, 5.41) is 11.0. The number of Topliss-reactive ketones (excluding diaryl/α,β-unsaturated/α-hetero) is 1. The van der Waals surface area contributed by atoms with E-state index in [-0.39, 0.29) is 24.0 Å². The molecular weight excluding hydrogens is 309 g/mol. The molecule has 116 valence electrons. The molecule has 5 heteroatoms. The number of ketones is 1. The first-order chi connectivity index (χ1) is 9.91. The van der Waals surface area contributed by atoms with Crippen LogP contribution in [0.25, 0.3) is 0 Å². The van der Waals surface area contributed by atoms with Crippen molar-refractivity contribution in [2.45, 2.75) is 50.8 Å². The van der Waals surface area contributed by atoms with Gasteiger partial charge in [0.15, 0.2) is 5.78 Å². The molecule has 0 aliphatic heterocycles. The zero-order valence-electron chi connectivity index (χ0n) is 12.4. The van der Waals surface area contributed by atoms with E-state index in [4.69, 9.17) is 23.2 Å². The van der Waals surface area contributed by atoms with Gasteiger partial charge in [-0.3, -0.25) is 9.69 Å². The summed E-state index contributed by atoms with van der Waals surface area (Å²) in [6, 6.07) is 4.61. The molecule has 0 saturated heterocycles. The fraction of sp³-hybridized carbons (Fsp3) is 0.562. The molecule has 1 aromatic carbocycles. The molecule has 1 aliphatic rings. The minimum atomic E-state index is -0.361. The van der Waals surface area contributed by atoms with Crippen LogP contribution in [0.1, 0.15) is 43.0 Å². The third-order valence-electron chi connectivity index (χ3n) is 4.40. The number of rotatable bonds is 4. The van der Waals surface area contributed by atoms with Crippen LogP contribution in [-0.2, 0) is 0 Å². The number of carbonyl (C=O) groups is 1. The smallest absolute Gasteiger partial charge is 0.181 e. The van der Waals surface area contributed by atoms with Gasteiger partial charge in [-0.1, -0.05) is 36.0 Å². The highest BCUT2D eigenvalue weighted by Crippen LogP contribution is 2.27. The zero-order chi connectivity index (χ0) is 15.6. The van der Waals surface area contributed by atoms with Crippen LogP contribution in [0.5, 0.6) is 0 Å². The summed E-state index contributed by atoms with van der Waals surface area (Å²) in [5.41, 5.74) is 0.478. The second-order valence-corrected chi connectivity index (χ2v) is 6.59. The Bertz CT molecular complexity index is 521. The Hall–Kier alpha value is -0.610. The Morgan fingerprint density at radius 1 is 1.33 bits per heavy atom. The van der Waals surface area contributed by atoms with Crippen molar-refractivity contribution in [1.82, 2.24) is 4.90 Å². The number of aliphatic hydroxyl groups is 1. The first-order valence-electron chi connectivity index (χ1n) is 7.31.